The van der Waals surface area contributed by atoms with Crippen LogP contribution in [0.5, 0.6) is 0 Å². The van der Waals surface area contributed by atoms with Gasteiger partial charge in [-0.1, -0.05) is 44.7 Å². The zero-order chi connectivity index (χ0) is 24.6. The zero-order valence-corrected chi connectivity index (χ0v) is 21.2. The molecule has 0 amide bonds. The molecule has 1 fully saturated rings. The minimum Gasteiger partial charge on any atom is -0.488 e. The summed E-state index contributed by atoms with van der Waals surface area (Å²) in [6.45, 7) is 11.8. The van der Waals surface area contributed by atoms with Crippen molar-refractivity contribution in [2.24, 2.45) is 17.8 Å². The van der Waals surface area contributed by atoms with Crippen LogP contribution in [0, 0.1) is 17.8 Å². The molecule has 0 aromatic carbocycles. The summed E-state index contributed by atoms with van der Waals surface area (Å²) in [5.41, 5.74) is -1.48. The summed E-state index contributed by atoms with van der Waals surface area (Å²) >= 11 is 6.30. The lowest BCUT2D eigenvalue weighted by atomic mass is 9.62. The molecule has 184 valence electrons. The highest BCUT2D eigenvalue weighted by molar-refractivity contribution is 6.30. The molecule has 2 unspecified atom stereocenters. The van der Waals surface area contributed by atoms with Crippen LogP contribution in [0.1, 0.15) is 72.8 Å². The molecule has 3 nitrogen and oxygen atoms in total. The highest BCUT2D eigenvalue weighted by atomic mass is 35.5. The van der Waals surface area contributed by atoms with Crippen LogP contribution in [-0.4, -0.2) is 28.2 Å². The predicted octanol–water partition coefficient (Wildman–Crippen LogP) is 7.87. The monoisotopic (exact) mass is 484 g/mol. The van der Waals surface area contributed by atoms with E-state index in [-0.39, 0.29) is 18.2 Å². The number of pyridine rings is 1. The maximum atomic E-state index is 14.5. The minimum atomic E-state index is -4.53. The van der Waals surface area contributed by atoms with Crippen molar-refractivity contribution in [1.29, 1.82) is 0 Å². The molecule has 0 spiro atoms. The fourth-order valence-corrected chi connectivity index (χ4v) is 5.31. The van der Waals surface area contributed by atoms with Gasteiger partial charge in [0, 0.05) is 25.0 Å². The quantitative estimate of drug-likeness (QED) is 0.393. The number of hydrogen-bond acceptors (Lipinski definition) is 3. The summed E-state index contributed by atoms with van der Waals surface area (Å²) in [6.07, 6.45) is 5.59. The van der Waals surface area contributed by atoms with Crippen LogP contribution in [0.4, 0.5) is 13.2 Å². The molecule has 0 N–H and O–H groups in total. The van der Waals surface area contributed by atoms with E-state index < -0.39 is 23.0 Å². The molecule has 2 aliphatic rings. The maximum absolute atomic E-state index is 14.5. The fraction of sp³-hybridized carbons (Fsp3) is 0.654. The molecule has 2 heterocycles. The van der Waals surface area contributed by atoms with Crippen LogP contribution in [0.15, 0.2) is 42.1 Å². The van der Waals surface area contributed by atoms with Crippen molar-refractivity contribution >= 4 is 11.6 Å². The Morgan fingerprint density at radius 1 is 1.15 bits per heavy atom. The Labute approximate surface area is 201 Å². The van der Waals surface area contributed by atoms with E-state index in [4.69, 9.17) is 16.3 Å². The van der Waals surface area contributed by atoms with Crippen molar-refractivity contribution in [3.8, 4) is 0 Å². The Morgan fingerprint density at radius 3 is 2.30 bits per heavy atom. The van der Waals surface area contributed by atoms with Gasteiger partial charge in [0.1, 0.15) is 17.1 Å². The number of halogens is 4. The number of hydrogen-bond donors (Lipinski definition) is 0. The Morgan fingerprint density at radius 2 is 1.82 bits per heavy atom. The summed E-state index contributed by atoms with van der Waals surface area (Å²) in [7, 11) is 0. The maximum Gasteiger partial charge on any atom is 0.431 e. The molecule has 1 aliphatic carbocycles. The van der Waals surface area contributed by atoms with E-state index in [0.29, 0.717) is 16.9 Å². The molecule has 3 rings (SSSR count). The van der Waals surface area contributed by atoms with E-state index in [2.05, 4.69) is 18.8 Å². The van der Waals surface area contributed by atoms with Crippen molar-refractivity contribution in [3.05, 3.63) is 52.7 Å². The van der Waals surface area contributed by atoms with Gasteiger partial charge in [-0.3, -0.25) is 4.98 Å². The van der Waals surface area contributed by atoms with Crippen LogP contribution in [-0.2, 0) is 10.3 Å². The van der Waals surface area contributed by atoms with Crippen LogP contribution in [0.3, 0.4) is 0 Å². The first kappa shape index (κ1) is 25.9. The van der Waals surface area contributed by atoms with E-state index in [1.54, 1.807) is 18.3 Å². The fourth-order valence-electron chi connectivity index (χ4n) is 5.14. The van der Waals surface area contributed by atoms with Gasteiger partial charge in [0.15, 0.2) is 0 Å². The average Bonchev–Trinajstić information content (AvgIpc) is 2.63. The molecule has 0 radical (unpaired) electrons. The molecule has 1 aromatic rings. The zero-order valence-electron chi connectivity index (χ0n) is 20.5. The normalized spacial score (nSPS) is 20.6. The Balaban J connectivity index is 2.16. The molecule has 0 saturated heterocycles. The number of aromatic nitrogens is 1. The van der Waals surface area contributed by atoms with Gasteiger partial charge in [-0.2, -0.15) is 13.2 Å². The van der Waals surface area contributed by atoms with Gasteiger partial charge >= 0.3 is 6.18 Å². The summed E-state index contributed by atoms with van der Waals surface area (Å²) in [5.74, 6) is 0.986. The Kier molecular flexibility index (Phi) is 7.48. The second-order valence-corrected chi connectivity index (χ2v) is 11.4. The molecular formula is C26H36ClF3N2O. The van der Waals surface area contributed by atoms with Gasteiger partial charge in [-0.25, -0.2) is 0 Å². The minimum absolute atomic E-state index is 0.0238. The number of allylic oxidation sites excluding steroid dienone is 2. The highest BCUT2D eigenvalue weighted by Gasteiger charge is 2.52. The van der Waals surface area contributed by atoms with E-state index in [1.807, 2.05) is 27.7 Å². The van der Waals surface area contributed by atoms with Crippen LogP contribution in [0.2, 0.25) is 5.02 Å². The molecule has 1 saturated carbocycles. The number of ether oxygens (including phenoxy) is 1. The molecular weight excluding hydrogens is 449 g/mol. The van der Waals surface area contributed by atoms with Gasteiger partial charge < -0.3 is 9.64 Å². The molecule has 1 aromatic heterocycles. The summed E-state index contributed by atoms with van der Waals surface area (Å²) in [6, 6.07) is 1.78. The van der Waals surface area contributed by atoms with Gasteiger partial charge in [0.25, 0.3) is 0 Å². The van der Waals surface area contributed by atoms with Crippen LogP contribution < -0.4 is 0 Å². The molecule has 7 heteroatoms. The molecule has 1 aliphatic heterocycles. The van der Waals surface area contributed by atoms with Gasteiger partial charge in [0.05, 0.1) is 10.6 Å². The first-order valence-corrected chi connectivity index (χ1v) is 12.2. The molecule has 33 heavy (non-hydrogen) atoms. The van der Waals surface area contributed by atoms with Crippen molar-refractivity contribution in [2.45, 2.75) is 84.5 Å². The number of nitrogens with zero attached hydrogens (tertiary/aromatic N) is 2. The highest BCUT2D eigenvalue weighted by Crippen LogP contribution is 2.52. The van der Waals surface area contributed by atoms with Crippen molar-refractivity contribution < 1.29 is 17.9 Å². The van der Waals surface area contributed by atoms with E-state index in [9.17, 15) is 13.2 Å². The summed E-state index contributed by atoms with van der Waals surface area (Å²) < 4.78 is 49.4. The van der Waals surface area contributed by atoms with Gasteiger partial charge in [-0.15, -0.1) is 0 Å². The lowest BCUT2D eigenvalue weighted by Gasteiger charge is -2.54. The van der Waals surface area contributed by atoms with Crippen molar-refractivity contribution in [2.75, 3.05) is 6.54 Å². The second kappa shape index (κ2) is 9.52. The van der Waals surface area contributed by atoms with Gasteiger partial charge in [-0.05, 0) is 69.6 Å². The summed E-state index contributed by atoms with van der Waals surface area (Å²) in [4.78, 5) is 5.78. The van der Waals surface area contributed by atoms with Crippen molar-refractivity contribution in [3.63, 3.8) is 0 Å². The van der Waals surface area contributed by atoms with Crippen LogP contribution in [0.25, 0.3) is 0 Å². The smallest absolute Gasteiger partial charge is 0.431 e. The first-order valence-electron chi connectivity index (χ1n) is 11.8. The number of alkyl halides is 3. The predicted molar refractivity (Wildman–Crippen MR) is 127 cm³/mol. The van der Waals surface area contributed by atoms with E-state index >= 15 is 0 Å². The summed E-state index contributed by atoms with van der Waals surface area (Å²) in [5, 5.41) is 0.428. The van der Waals surface area contributed by atoms with Crippen molar-refractivity contribution in [1.82, 2.24) is 9.88 Å². The Hall–Kier alpha value is -1.69. The first-order chi connectivity index (χ1) is 15.2. The third kappa shape index (κ3) is 5.87. The molecule has 0 bridgehead atoms. The Bertz CT molecular complexity index is 900. The third-order valence-corrected chi connectivity index (χ3v) is 6.98. The lowest BCUT2D eigenvalue weighted by molar-refractivity contribution is -0.131. The van der Waals surface area contributed by atoms with Crippen LogP contribution >= 0.6 is 11.6 Å². The largest absolute Gasteiger partial charge is 0.488 e. The van der Waals surface area contributed by atoms with Gasteiger partial charge in [0.2, 0.25) is 0 Å². The molecule has 2 atom stereocenters. The SMILES string of the molecule is CC(C)CC(C1CCC1)C(C)(c1cncc(Cl)c1)N1CC=C(OC(C)(C)C)C=C1C(F)(F)F. The van der Waals surface area contributed by atoms with E-state index in [1.165, 1.54) is 11.1 Å². The average molecular weight is 485 g/mol. The standard InChI is InChI=1S/C26H36ClF3N2O/c1-17(2)12-22(18-8-7-9-18)25(6,19-13-20(27)16-31-15-19)32-11-10-21(33-24(3,4)5)14-23(32)26(28,29)30/h10,13-18,22H,7-9,11-12H2,1-6H3. The third-order valence-electron chi connectivity index (χ3n) is 6.78. The number of rotatable bonds is 7. The topological polar surface area (TPSA) is 25.4 Å². The lowest BCUT2D eigenvalue weighted by Crippen LogP contribution is -2.55. The second-order valence-electron chi connectivity index (χ2n) is 10.9. The van der Waals surface area contributed by atoms with E-state index in [0.717, 1.165) is 37.3 Å².